The molecule has 0 atom stereocenters. The number of rotatable bonds is 17. The van der Waals surface area contributed by atoms with Crippen LogP contribution >= 0.6 is 7.60 Å². The number of unbranched alkanes of at least 4 members (excludes halogenated alkanes) is 4. The van der Waals surface area contributed by atoms with Gasteiger partial charge in [-0.3, -0.25) is 0 Å². The van der Waals surface area contributed by atoms with Crippen LogP contribution in [0.1, 0.15) is 92.9 Å². The molecule has 0 amide bonds. The Labute approximate surface area is 168 Å². The molecular weight excluding hydrogens is 450 g/mol. The van der Waals surface area contributed by atoms with Crippen molar-refractivity contribution in [1.82, 2.24) is 0 Å². The molecule has 0 spiro atoms. The maximum atomic E-state index is 13.9. The molecule has 0 aliphatic rings. The fourth-order valence-electron chi connectivity index (χ4n) is 3.72. The van der Waals surface area contributed by atoms with Gasteiger partial charge in [0.2, 0.25) is 0 Å². The van der Waals surface area contributed by atoms with Crippen molar-refractivity contribution in [3.05, 3.63) is 9.41 Å². The Balaban J connectivity index is 6.19. The van der Waals surface area contributed by atoms with E-state index in [1.165, 1.54) is 55.2 Å². The first-order valence-electron chi connectivity index (χ1n) is 11.1. The molecule has 26 heavy (non-hydrogen) atoms. The molecule has 0 heterocycles. The second-order valence-corrected chi connectivity index (χ2v) is 23.6. The van der Waals surface area contributed by atoms with Crippen LogP contribution in [0.3, 0.4) is 0 Å². The molecule has 0 rings (SSSR count). The van der Waals surface area contributed by atoms with Crippen LogP contribution in [0, 0.1) is 0 Å². The Hall–Kier alpha value is 0.689. The SMILES string of the molecule is CCC/C=[C](\P(=O)(OCC)OCC)[Sn]([CH2]CCC)([CH2]CCC)[CH2]CCC. The summed E-state index contributed by atoms with van der Waals surface area (Å²) in [5.41, 5.74) is 0. The zero-order chi connectivity index (χ0) is 19.9. The topological polar surface area (TPSA) is 35.5 Å². The second-order valence-electron chi connectivity index (χ2n) is 7.30. The first-order valence-corrected chi connectivity index (χ1v) is 20.1. The van der Waals surface area contributed by atoms with E-state index in [9.17, 15) is 4.57 Å². The molecule has 0 aliphatic heterocycles. The Morgan fingerprint density at radius 2 is 1.19 bits per heavy atom. The molecule has 0 aromatic rings. The quantitative estimate of drug-likeness (QED) is 0.150. The van der Waals surface area contributed by atoms with E-state index in [4.69, 9.17) is 9.05 Å². The molecule has 0 aromatic heterocycles. The van der Waals surface area contributed by atoms with E-state index < -0.39 is 26.0 Å². The number of allylic oxidation sites excluding steroid dienone is 1. The molecule has 3 nitrogen and oxygen atoms in total. The van der Waals surface area contributed by atoms with Crippen LogP contribution in [-0.4, -0.2) is 31.6 Å². The van der Waals surface area contributed by atoms with Gasteiger partial charge in [0.05, 0.1) is 0 Å². The molecule has 0 bridgehead atoms. The summed E-state index contributed by atoms with van der Waals surface area (Å²) in [5, 5.41) is 0. The van der Waals surface area contributed by atoms with Crippen molar-refractivity contribution >= 4 is 26.0 Å². The van der Waals surface area contributed by atoms with Crippen molar-refractivity contribution in [3.63, 3.8) is 0 Å². The average molecular weight is 495 g/mol. The van der Waals surface area contributed by atoms with Gasteiger partial charge in [-0.05, 0) is 0 Å². The molecule has 0 saturated heterocycles. The van der Waals surface area contributed by atoms with Crippen molar-refractivity contribution in [3.8, 4) is 0 Å². The van der Waals surface area contributed by atoms with Gasteiger partial charge in [-0.2, -0.15) is 0 Å². The van der Waals surface area contributed by atoms with Crippen molar-refractivity contribution in [1.29, 1.82) is 0 Å². The van der Waals surface area contributed by atoms with E-state index >= 15 is 0 Å². The van der Waals surface area contributed by atoms with Gasteiger partial charge >= 0.3 is 168 Å². The first kappa shape index (κ1) is 26.7. The molecule has 156 valence electrons. The third kappa shape index (κ3) is 8.80. The molecule has 0 N–H and O–H groups in total. The molecule has 0 unspecified atom stereocenters. The van der Waals surface area contributed by atoms with E-state index in [0.29, 0.717) is 13.2 Å². The van der Waals surface area contributed by atoms with Gasteiger partial charge in [-0.1, -0.05) is 0 Å². The fourth-order valence-corrected chi connectivity index (χ4v) is 28.8. The summed E-state index contributed by atoms with van der Waals surface area (Å²) in [4.78, 5) is 0. The standard InChI is InChI=1S/C9H18O3P.3C4H9.Sn/c1-4-7-8-9-13(10,11-5-2)12-6-3;3*1-3-4-2;/h8H,4-7H2,1-3H3;3*1,3-4H2,2H3;. The summed E-state index contributed by atoms with van der Waals surface area (Å²) < 4.78 is 30.8. The van der Waals surface area contributed by atoms with E-state index in [-0.39, 0.29) is 0 Å². The average Bonchev–Trinajstić information content (AvgIpc) is 2.63. The Kier molecular flexibility index (Phi) is 16.0. The Morgan fingerprint density at radius 3 is 1.50 bits per heavy atom. The van der Waals surface area contributed by atoms with Gasteiger partial charge in [0, 0.05) is 0 Å². The van der Waals surface area contributed by atoms with Gasteiger partial charge in [-0.15, -0.1) is 0 Å². The third-order valence-electron chi connectivity index (χ3n) is 5.09. The van der Waals surface area contributed by atoms with Gasteiger partial charge in [0.25, 0.3) is 0 Å². The third-order valence-corrected chi connectivity index (χ3v) is 27.5. The molecule has 5 heteroatoms. The van der Waals surface area contributed by atoms with Gasteiger partial charge < -0.3 is 0 Å². The summed E-state index contributed by atoms with van der Waals surface area (Å²) in [6, 6.07) is 0. The van der Waals surface area contributed by atoms with Crippen molar-refractivity contribution < 1.29 is 13.6 Å². The normalized spacial score (nSPS) is 13.4. The molecule has 0 aliphatic carbocycles. The summed E-state index contributed by atoms with van der Waals surface area (Å²) >= 11 is -2.83. The predicted molar refractivity (Wildman–Crippen MR) is 119 cm³/mol. The van der Waals surface area contributed by atoms with Crippen LogP contribution in [-0.2, 0) is 13.6 Å². The van der Waals surface area contributed by atoms with Crippen LogP contribution in [0.4, 0.5) is 0 Å². The molecule has 0 radical (unpaired) electrons. The van der Waals surface area contributed by atoms with E-state index in [2.05, 4.69) is 33.8 Å². The van der Waals surface area contributed by atoms with Gasteiger partial charge in [0.15, 0.2) is 0 Å². The van der Waals surface area contributed by atoms with E-state index in [1.807, 2.05) is 13.8 Å². The molecule has 0 fully saturated rings. The molecular formula is C21H45O3PSn. The van der Waals surface area contributed by atoms with Crippen molar-refractivity contribution in [2.45, 2.75) is 106 Å². The second kappa shape index (κ2) is 15.6. The number of hydrogen-bond donors (Lipinski definition) is 0. The van der Waals surface area contributed by atoms with Crippen LogP contribution in [0.15, 0.2) is 9.41 Å². The van der Waals surface area contributed by atoms with Gasteiger partial charge in [-0.25, -0.2) is 0 Å². The van der Waals surface area contributed by atoms with E-state index in [1.54, 1.807) is 0 Å². The minimum atomic E-state index is -3.15. The van der Waals surface area contributed by atoms with E-state index in [0.717, 1.165) is 12.8 Å². The summed E-state index contributed by atoms with van der Waals surface area (Å²) in [5.74, 6) is 0. The summed E-state index contributed by atoms with van der Waals surface area (Å²) in [6.45, 7) is 13.8. The Morgan fingerprint density at radius 1 is 0.769 bits per heavy atom. The zero-order valence-corrected chi connectivity index (χ0v) is 22.2. The summed E-state index contributed by atoms with van der Waals surface area (Å²) in [7, 11) is -3.15. The predicted octanol–water partition coefficient (Wildman–Crippen LogP) is 8.32. The Bertz CT molecular complexity index is 392. The van der Waals surface area contributed by atoms with Crippen molar-refractivity contribution in [2.24, 2.45) is 0 Å². The van der Waals surface area contributed by atoms with Crippen molar-refractivity contribution in [2.75, 3.05) is 13.2 Å². The van der Waals surface area contributed by atoms with Crippen LogP contribution in [0.2, 0.25) is 13.3 Å². The first-order chi connectivity index (χ1) is 12.5. The number of hydrogen-bond acceptors (Lipinski definition) is 3. The zero-order valence-electron chi connectivity index (χ0n) is 18.4. The molecule has 0 aromatic carbocycles. The van der Waals surface area contributed by atoms with Gasteiger partial charge in [0.1, 0.15) is 0 Å². The molecule has 0 saturated carbocycles. The monoisotopic (exact) mass is 496 g/mol. The van der Waals surface area contributed by atoms with Crippen LogP contribution < -0.4 is 0 Å². The van der Waals surface area contributed by atoms with Crippen LogP contribution in [0.25, 0.3) is 0 Å². The minimum absolute atomic E-state index is 0.456. The van der Waals surface area contributed by atoms with Crippen LogP contribution in [0.5, 0.6) is 0 Å². The maximum absolute atomic E-state index is 13.9. The fraction of sp³-hybridized carbons (Fsp3) is 0.905. The summed E-state index contributed by atoms with van der Waals surface area (Å²) in [6.07, 6.45) is 11.8.